The van der Waals surface area contributed by atoms with Gasteiger partial charge in [-0.1, -0.05) is 13.8 Å². The summed E-state index contributed by atoms with van der Waals surface area (Å²) in [5, 5.41) is 8.38. The van der Waals surface area contributed by atoms with Crippen molar-refractivity contribution in [3.8, 4) is 6.07 Å². The van der Waals surface area contributed by atoms with Gasteiger partial charge in [-0.05, 0) is 5.92 Å². The number of halogens is 1. The van der Waals surface area contributed by atoms with Gasteiger partial charge in [0.1, 0.15) is 0 Å². The van der Waals surface area contributed by atoms with Crippen LogP contribution in [-0.4, -0.2) is 14.2 Å². The molecule has 0 saturated carbocycles. The third kappa shape index (κ3) is 4.73. The van der Waals surface area contributed by atoms with E-state index in [-0.39, 0.29) is 5.92 Å². The van der Waals surface area contributed by atoms with E-state index in [9.17, 15) is 12.3 Å². The highest BCUT2D eigenvalue weighted by Crippen LogP contribution is 2.12. The Morgan fingerprint density at radius 3 is 2.09 bits per heavy atom. The zero-order valence-corrected chi connectivity index (χ0v) is 7.23. The Balaban J connectivity index is 4.26. The lowest BCUT2D eigenvalue weighted by atomic mass is 10.0. The predicted octanol–water partition coefficient (Wildman–Crippen LogP) is 1.08. The van der Waals surface area contributed by atoms with Gasteiger partial charge in [0.2, 0.25) is 0 Å². The van der Waals surface area contributed by atoms with Crippen LogP contribution in [0.1, 0.15) is 13.8 Å². The van der Waals surface area contributed by atoms with Crippen molar-refractivity contribution < 1.29 is 12.3 Å². The van der Waals surface area contributed by atoms with Crippen molar-refractivity contribution in [3.63, 3.8) is 0 Å². The van der Waals surface area contributed by atoms with E-state index in [1.54, 1.807) is 19.9 Å². The van der Waals surface area contributed by atoms with Crippen LogP contribution in [0.5, 0.6) is 0 Å². The molecule has 0 aromatic heterocycles. The van der Waals surface area contributed by atoms with E-state index in [1.165, 1.54) is 0 Å². The summed E-state index contributed by atoms with van der Waals surface area (Å²) in [6.07, 6.45) is 0. The monoisotopic (exact) mass is 179 g/mol. The molecule has 11 heavy (non-hydrogen) atoms. The molecule has 3 nitrogen and oxygen atoms in total. The Morgan fingerprint density at radius 1 is 1.55 bits per heavy atom. The quantitative estimate of drug-likeness (QED) is 0.609. The maximum Gasteiger partial charge on any atom is 0.303 e. The SMILES string of the molecule is CC(C)C(C#N)CS(=O)(=O)F. The minimum Gasteiger partial charge on any atom is -0.198 e. The Morgan fingerprint density at radius 2 is 2.00 bits per heavy atom. The molecule has 0 aromatic rings. The molecule has 0 amide bonds. The van der Waals surface area contributed by atoms with E-state index < -0.39 is 21.9 Å². The minimum atomic E-state index is -4.50. The zero-order chi connectivity index (χ0) is 9.07. The molecule has 0 rings (SSSR count). The Hall–Kier alpha value is -0.630. The van der Waals surface area contributed by atoms with Gasteiger partial charge in [-0.15, -0.1) is 3.89 Å². The van der Waals surface area contributed by atoms with Gasteiger partial charge in [0.05, 0.1) is 17.7 Å². The lowest BCUT2D eigenvalue weighted by Gasteiger charge is -2.08. The molecule has 0 fully saturated rings. The van der Waals surface area contributed by atoms with Crippen LogP contribution in [0.3, 0.4) is 0 Å². The summed E-state index contributed by atoms with van der Waals surface area (Å²) >= 11 is 0. The zero-order valence-electron chi connectivity index (χ0n) is 6.41. The molecule has 0 aliphatic rings. The first-order valence-electron chi connectivity index (χ1n) is 3.18. The van der Waals surface area contributed by atoms with Crippen molar-refractivity contribution in [1.29, 1.82) is 5.26 Å². The summed E-state index contributed by atoms with van der Waals surface area (Å²) in [7, 11) is -4.50. The smallest absolute Gasteiger partial charge is 0.198 e. The van der Waals surface area contributed by atoms with Gasteiger partial charge in [-0.2, -0.15) is 13.7 Å². The molecule has 0 aromatic carbocycles. The van der Waals surface area contributed by atoms with Crippen LogP contribution in [0, 0.1) is 23.2 Å². The van der Waals surface area contributed by atoms with Crippen molar-refractivity contribution >= 4 is 10.2 Å². The standard InChI is InChI=1S/C6H10FNO2S/c1-5(2)6(3-8)4-11(7,9)10/h5-6H,4H2,1-2H3. The molecule has 0 aliphatic carbocycles. The van der Waals surface area contributed by atoms with Crippen molar-refractivity contribution in [3.05, 3.63) is 0 Å². The summed E-state index contributed by atoms with van der Waals surface area (Å²) in [6, 6.07) is 1.74. The molecular formula is C6H10FNO2S. The fourth-order valence-electron chi connectivity index (χ4n) is 0.593. The van der Waals surface area contributed by atoms with Gasteiger partial charge in [0.15, 0.2) is 0 Å². The van der Waals surface area contributed by atoms with Crippen molar-refractivity contribution in [2.45, 2.75) is 13.8 Å². The summed E-state index contributed by atoms with van der Waals surface area (Å²) in [5.74, 6) is -1.57. The molecule has 0 saturated heterocycles. The Labute approximate surface area is 66.0 Å². The molecule has 1 atom stereocenters. The van der Waals surface area contributed by atoms with E-state index in [4.69, 9.17) is 5.26 Å². The third-order valence-electron chi connectivity index (χ3n) is 1.35. The van der Waals surface area contributed by atoms with Crippen LogP contribution < -0.4 is 0 Å². The predicted molar refractivity (Wildman–Crippen MR) is 38.8 cm³/mol. The average molecular weight is 179 g/mol. The van der Waals surface area contributed by atoms with Crippen LogP contribution in [0.2, 0.25) is 0 Å². The fourth-order valence-corrected chi connectivity index (χ4v) is 1.48. The number of hydrogen-bond acceptors (Lipinski definition) is 3. The molecule has 5 heteroatoms. The van der Waals surface area contributed by atoms with Gasteiger partial charge in [0.25, 0.3) is 0 Å². The van der Waals surface area contributed by atoms with E-state index in [0.29, 0.717) is 0 Å². The molecular weight excluding hydrogens is 169 g/mol. The maximum absolute atomic E-state index is 12.0. The third-order valence-corrected chi connectivity index (χ3v) is 2.11. The number of nitrogens with zero attached hydrogens (tertiary/aromatic N) is 1. The first-order valence-corrected chi connectivity index (χ1v) is 4.74. The summed E-state index contributed by atoms with van der Waals surface area (Å²) in [5.41, 5.74) is 0. The lowest BCUT2D eigenvalue weighted by molar-refractivity contribution is 0.487. The second-order valence-electron chi connectivity index (χ2n) is 2.69. The summed E-state index contributed by atoms with van der Waals surface area (Å²) in [6.45, 7) is 3.36. The van der Waals surface area contributed by atoms with Crippen LogP contribution in [0.25, 0.3) is 0 Å². The lowest BCUT2D eigenvalue weighted by Crippen LogP contribution is -2.16. The second-order valence-corrected chi connectivity index (χ2v) is 4.10. The molecule has 0 radical (unpaired) electrons. The minimum absolute atomic E-state index is 0.134. The molecule has 1 unspecified atom stereocenters. The Bertz CT molecular complexity index is 252. The molecule has 0 heterocycles. The van der Waals surface area contributed by atoms with Gasteiger partial charge in [-0.3, -0.25) is 0 Å². The van der Waals surface area contributed by atoms with Crippen LogP contribution >= 0.6 is 0 Å². The maximum atomic E-state index is 12.0. The van der Waals surface area contributed by atoms with Crippen LogP contribution in [0.4, 0.5) is 3.89 Å². The number of hydrogen-bond donors (Lipinski definition) is 0. The van der Waals surface area contributed by atoms with Gasteiger partial charge < -0.3 is 0 Å². The molecule has 0 bridgehead atoms. The largest absolute Gasteiger partial charge is 0.303 e. The molecule has 64 valence electrons. The fraction of sp³-hybridized carbons (Fsp3) is 0.833. The van der Waals surface area contributed by atoms with Gasteiger partial charge in [0, 0.05) is 0 Å². The molecule has 0 spiro atoms. The van der Waals surface area contributed by atoms with E-state index in [0.717, 1.165) is 0 Å². The summed E-state index contributed by atoms with van der Waals surface area (Å²) < 4.78 is 32.2. The number of nitriles is 1. The highest BCUT2D eigenvalue weighted by atomic mass is 32.3. The van der Waals surface area contributed by atoms with E-state index in [1.807, 2.05) is 0 Å². The van der Waals surface area contributed by atoms with Gasteiger partial charge >= 0.3 is 10.2 Å². The molecule has 0 N–H and O–H groups in total. The molecule has 0 aliphatic heterocycles. The first kappa shape index (κ1) is 10.4. The average Bonchev–Trinajstić information content (AvgIpc) is 1.80. The van der Waals surface area contributed by atoms with Crippen LogP contribution in [-0.2, 0) is 10.2 Å². The van der Waals surface area contributed by atoms with Gasteiger partial charge in [-0.25, -0.2) is 0 Å². The number of rotatable bonds is 3. The van der Waals surface area contributed by atoms with Crippen molar-refractivity contribution in [1.82, 2.24) is 0 Å². The highest BCUT2D eigenvalue weighted by Gasteiger charge is 2.20. The normalized spacial score (nSPS) is 14.5. The first-order chi connectivity index (χ1) is 4.87. The van der Waals surface area contributed by atoms with E-state index in [2.05, 4.69) is 0 Å². The van der Waals surface area contributed by atoms with E-state index >= 15 is 0 Å². The van der Waals surface area contributed by atoms with Crippen molar-refractivity contribution in [2.24, 2.45) is 11.8 Å². The highest BCUT2D eigenvalue weighted by molar-refractivity contribution is 7.86. The Kier molecular flexibility index (Phi) is 3.46. The van der Waals surface area contributed by atoms with Crippen LogP contribution in [0.15, 0.2) is 0 Å². The summed E-state index contributed by atoms with van der Waals surface area (Å²) in [4.78, 5) is 0. The topological polar surface area (TPSA) is 57.9 Å². The second kappa shape index (κ2) is 3.67. The van der Waals surface area contributed by atoms with Crippen molar-refractivity contribution in [2.75, 3.05) is 5.75 Å².